The van der Waals surface area contributed by atoms with E-state index in [1.165, 1.54) is 0 Å². The number of nitrogens with zero attached hydrogens (tertiary/aromatic N) is 2. The average molecular weight is 504 g/mol. The number of hydrogen-bond donors (Lipinski definition) is 3. The van der Waals surface area contributed by atoms with Gasteiger partial charge >= 0.3 is 11.9 Å². The minimum atomic E-state index is -0.974. The van der Waals surface area contributed by atoms with Gasteiger partial charge in [-0.1, -0.05) is 97.1 Å². The molecule has 38 heavy (non-hydrogen) atoms. The third kappa shape index (κ3) is 5.17. The van der Waals surface area contributed by atoms with Crippen molar-refractivity contribution in [2.75, 3.05) is 11.9 Å². The van der Waals surface area contributed by atoms with E-state index >= 15 is 0 Å². The molecule has 0 aliphatic rings. The maximum absolute atomic E-state index is 12.1. The number of aliphatic carboxylic acids is 2. The Morgan fingerprint density at radius 3 is 1.95 bits per heavy atom. The number of imidazole rings is 1. The summed E-state index contributed by atoms with van der Waals surface area (Å²) < 4.78 is 1.76. The fourth-order valence-electron chi connectivity index (χ4n) is 4.54. The van der Waals surface area contributed by atoms with E-state index in [9.17, 15) is 14.7 Å². The lowest BCUT2D eigenvalue weighted by Gasteiger charge is -2.14. The third-order valence-corrected chi connectivity index (χ3v) is 6.14. The lowest BCUT2D eigenvalue weighted by atomic mass is 9.98. The number of rotatable bonds is 9. The van der Waals surface area contributed by atoms with Crippen LogP contribution in [0.2, 0.25) is 0 Å². The Hall–Kier alpha value is -5.17. The minimum absolute atomic E-state index is 0.199. The summed E-state index contributed by atoms with van der Waals surface area (Å²) in [7, 11) is 0. The normalized spacial score (nSPS) is 10.7. The molecule has 0 unspecified atom stereocenters. The number of benzene rings is 4. The second-order valence-electron chi connectivity index (χ2n) is 8.72. The summed E-state index contributed by atoms with van der Waals surface area (Å²) in [5.74, 6) is -1.39. The average Bonchev–Trinajstić information content (AvgIpc) is 3.31. The third-order valence-electron chi connectivity index (χ3n) is 6.14. The number of carboxylic acids is 2. The number of anilines is 1. The molecule has 0 radical (unpaired) electrons. The topological polar surface area (TPSA) is 104 Å². The largest absolute Gasteiger partial charge is 0.480 e. The Kier molecular flexibility index (Phi) is 6.99. The zero-order valence-corrected chi connectivity index (χ0v) is 20.4. The first-order valence-electron chi connectivity index (χ1n) is 12.1. The van der Waals surface area contributed by atoms with Gasteiger partial charge in [0.1, 0.15) is 18.9 Å². The molecule has 0 saturated heterocycles. The molecule has 1 heterocycles. The fourth-order valence-corrected chi connectivity index (χ4v) is 4.54. The van der Waals surface area contributed by atoms with E-state index in [0.29, 0.717) is 17.2 Å². The summed E-state index contributed by atoms with van der Waals surface area (Å²) in [5, 5.41) is 21.9. The van der Waals surface area contributed by atoms with Gasteiger partial charge in [-0.05, 0) is 23.3 Å². The Labute approximate surface area is 219 Å². The highest BCUT2D eigenvalue weighted by Crippen LogP contribution is 2.39. The van der Waals surface area contributed by atoms with Gasteiger partial charge in [-0.3, -0.25) is 9.59 Å². The quantitative estimate of drug-likeness (QED) is 0.223. The zero-order valence-electron chi connectivity index (χ0n) is 20.4. The zero-order chi connectivity index (χ0) is 26.5. The Morgan fingerprint density at radius 1 is 0.684 bits per heavy atom. The molecule has 7 nitrogen and oxygen atoms in total. The van der Waals surface area contributed by atoms with Crippen molar-refractivity contribution in [1.29, 1.82) is 0 Å². The first-order chi connectivity index (χ1) is 18.5. The smallest absolute Gasteiger partial charge is 0.323 e. The van der Waals surface area contributed by atoms with Gasteiger partial charge in [-0.15, -0.1) is 0 Å². The Morgan fingerprint density at radius 2 is 1.29 bits per heavy atom. The number of aromatic nitrogens is 2. The molecule has 0 fully saturated rings. The molecule has 0 saturated carbocycles. The van der Waals surface area contributed by atoms with Crippen molar-refractivity contribution in [1.82, 2.24) is 9.55 Å². The molecule has 0 atom stereocenters. The lowest BCUT2D eigenvalue weighted by molar-refractivity contribution is -0.137. The van der Waals surface area contributed by atoms with Crippen LogP contribution in [0.25, 0.3) is 45.0 Å². The SMILES string of the molecule is O=C(O)CNc1cccc(-c2ccccc2-c2nc(-c3ccccc3)c(-c3ccccc3)n2CC(=O)O)c1. The molecule has 0 bridgehead atoms. The summed E-state index contributed by atoms with van der Waals surface area (Å²) in [6.07, 6.45) is 0. The molecule has 5 aromatic rings. The van der Waals surface area contributed by atoms with Gasteiger partial charge < -0.3 is 20.1 Å². The highest BCUT2D eigenvalue weighted by Gasteiger charge is 2.24. The van der Waals surface area contributed by atoms with Crippen LogP contribution in [0.5, 0.6) is 0 Å². The van der Waals surface area contributed by atoms with Crippen LogP contribution in [0.4, 0.5) is 5.69 Å². The van der Waals surface area contributed by atoms with E-state index in [1.807, 2.05) is 103 Å². The second-order valence-corrected chi connectivity index (χ2v) is 8.72. The first kappa shape index (κ1) is 24.5. The van der Waals surface area contributed by atoms with Gasteiger partial charge in [0.05, 0.1) is 11.4 Å². The van der Waals surface area contributed by atoms with Crippen molar-refractivity contribution in [3.05, 3.63) is 109 Å². The summed E-state index contributed by atoms with van der Waals surface area (Å²) >= 11 is 0. The molecule has 4 aromatic carbocycles. The number of nitrogens with one attached hydrogen (secondary N) is 1. The van der Waals surface area contributed by atoms with E-state index in [4.69, 9.17) is 10.1 Å². The maximum Gasteiger partial charge on any atom is 0.323 e. The molecule has 0 aliphatic carbocycles. The highest BCUT2D eigenvalue weighted by molar-refractivity contribution is 5.88. The molecule has 3 N–H and O–H groups in total. The number of carboxylic acid groups (broad SMARTS) is 2. The Bertz CT molecular complexity index is 1590. The molecule has 188 valence electrons. The maximum atomic E-state index is 12.1. The standard InChI is InChI=1S/C31H25N3O4/c35-27(36)19-32-24-15-9-14-23(18-24)25-16-7-8-17-26(25)31-33-29(21-10-3-1-4-11-21)30(34(31)20-28(37)38)22-12-5-2-6-13-22/h1-18,32H,19-20H2,(H,35,36)(H,37,38). The predicted molar refractivity (Wildman–Crippen MR) is 148 cm³/mol. The van der Waals surface area contributed by atoms with Crippen LogP contribution in [0.3, 0.4) is 0 Å². The first-order valence-corrected chi connectivity index (χ1v) is 12.1. The van der Waals surface area contributed by atoms with Gasteiger partial charge in [-0.2, -0.15) is 0 Å². The van der Waals surface area contributed by atoms with Crippen molar-refractivity contribution < 1.29 is 19.8 Å². The minimum Gasteiger partial charge on any atom is -0.480 e. The second kappa shape index (κ2) is 10.8. The Balaban J connectivity index is 1.74. The molecule has 7 heteroatoms. The van der Waals surface area contributed by atoms with Crippen LogP contribution < -0.4 is 5.32 Å². The van der Waals surface area contributed by atoms with Crippen LogP contribution in [0.15, 0.2) is 109 Å². The van der Waals surface area contributed by atoms with Gasteiger partial charge in [0, 0.05) is 22.4 Å². The molecule has 0 amide bonds. The van der Waals surface area contributed by atoms with Crippen LogP contribution in [-0.2, 0) is 16.1 Å². The van der Waals surface area contributed by atoms with Crippen molar-refractivity contribution in [3.63, 3.8) is 0 Å². The highest BCUT2D eigenvalue weighted by atomic mass is 16.4. The van der Waals surface area contributed by atoms with Crippen LogP contribution in [0.1, 0.15) is 0 Å². The van der Waals surface area contributed by atoms with E-state index in [1.54, 1.807) is 10.6 Å². The summed E-state index contributed by atoms with van der Waals surface area (Å²) in [6.45, 7) is -0.469. The van der Waals surface area contributed by atoms with E-state index < -0.39 is 11.9 Å². The summed E-state index contributed by atoms with van der Waals surface area (Å²) in [6, 6.07) is 34.6. The predicted octanol–water partition coefficient (Wildman–Crippen LogP) is 6.13. The van der Waals surface area contributed by atoms with Crippen molar-refractivity contribution in [2.45, 2.75) is 6.54 Å². The van der Waals surface area contributed by atoms with Gasteiger partial charge in [0.2, 0.25) is 0 Å². The van der Waals surface area contributed by atoms with Gasteiger partial charge in [-0.25, -0.2) is 4.98 Å². The van der Waals surface area contributed by atoms with Crippen LogP contribution in [-0.4, -0.2) is 38.2 Å². The van der Waals surface area contributed by atoms with Gasteiger partial charge in [0.25, 0.3) is 0 Å². The van der Waals surface area contributed by atoms with Gasteiger partial charge in [0.15, 0.2) is 0 Å². The fraction of sp³-hybridized carbons (Fsp3) is 0.0645. The molecule has 0 spiro atoms. The molecular formula is C31H25N3O4. The van der Waals surface area contributed by atoms with Crippen molar-refractivity contribution >= 4 is 17.6 Å². The number of hydrogen-bond acceptors (Lipinski definition) is 4. The molecule has 5 rings (SSSR count). The molecule has 0 aliphatic heterocycles. The summed E-state index contributed by atoms with van der Waals surface area (Å²) in [4.78, 5) is 28.2. The van der Waals surface area contributed by atoms with Crippen LogP contribution >= 0.6 is 0 Å². The van der Waals surface area contributed by atoms with E-state index in [2.05, 4.69) is 5.32 Å². The van der Waals surface area contributed by atoms with E-state index in [0.717, 1.165) is 33.5 Å². The van der Waals surface area contributed by atoms with Crippen molar-refractivity contribution in [2.24, 2.45) is 0 Å². The molecule has 1 aromatic heterocycles. The lowest BCUT2D eigenvalue weighted by Crippen LogP contribution is -2.12. The molecular weight excluding hydrogens is 478 g/mol. The monoisotopic (exact) mass is 503 g/mol. The van der Waals surface area contributed by atoms with Crippen molar-refractivity contribution in [3.8, 4) is 45.0 Å². The van der Waals surface area contributed by atoms with E-state index in [-0.39, 0.29) is 13.1 Å². The van der Waals surface area contributed by atoms with Crippen LogP contribution in [0, 0.1) is 0 Å². The summed E-state index contributed by atoms with van der Waals surface area (Å²) in [5.41, 5.74) is 6.30. The number of carbonyl (C=O) groups is 2.